The molecule has 0 radical (unpaired) electrons. The van der Waals surface area contributed by atoms with Crippen LogP contribution in [0.2, 0.25) is 5.02 Å². The zero-order valence-electron chi connectivity index (χ0n) is 11.0. The zero-order valence-corrected chi connectivity index (χ0v) is 12.6. The van der Waals surface area contributed by atoms with Crippen LogP contribution in [0.3, 0.4) is 0 Å². The van der Waals surface area contributed by atoms with E-state index in [2.05, 4.69) is 0 Å². The van der Waals surface area contributed by atoms with Crippen molar-refractivity contribution in [3.05, 3.63) is 27.3 Å². The van der Waals surface area contributed by atoms with Crippen LogP contribution in [0, 0.1) is 16.0 Å². The first-order valence-corrected chi connectivity index (χ1v) is 7.97. The van der Waals surface area contributed by atoms with Crippen molar-refractivity contribution in [2.75, 3.05) is 22.9 Å². The summed E-state index contributed by atoms with van der Waals surface area (Å²) in [6.45, 7) is -0.0552. The number of benzene rings is 1. The van der Waals surface area contributed by atoms with Gasteiger partial charge in [0, 0.05) is 24.9 Å². The number of carbonyl (C=O) groups excluding carboxylic acids is 1. The van der Waals surface area contributed by atoms with E-state index in [4.69, 9.17) is 17.3 Å². The van der Waals surface area contributed by atoms with E-state index in [-0.39, 0.29) is 29.4 Å². The molecular formula is C11H11ClFN3O5S. The maximum absolute atomic E-state index is 12.7. The molecule has 120 valence electrons. The van der Waals surface area contributed by atoms with Gasteiger partial charge in [-0.1, -0.05) is 11.6 Å². The van der Waals surface area contributed by atoms with Crippen molar-refractivity contribution in [2.24, 2.45) is 5.92 Å². The average Bonchev–Trinajstić information content (AvgIpc) is 2.69. The number of nitrogen functional groups attached to an aromatic ring is 1. The Kier molecular flexibility index (Phi) is 4.25. The standard InChI is InChI=1S/C11H11ClFN3O5S/c12-7-2-10(8(14)3-9(7)16(18)19)15-4-6(1-11(15)17)5-22(13,20)21/h2-3,6H,1,4-5,14H2. The van der Waals surface area contributed by atoms with Gasteiger partial charge < -0.3 is 10.6 Å². The quantitative estimate of drug-likeness (QED) is 0.379. The molecule has 0 saturated carbocycles. The minimum atomic E-state index is -4.70. The predicted molar refractivity (Wildman–Crippen MR) is 77.9 cm³/mol. The second-order valence-electron chi connectivity index (χ2n) is 4.90. The Labute approximate surface area is 130 Å². The van der Waals surface area contributed by atoms with Crippen molar-refractivity contribution in [3.8, 4) is 0 Å². The molecular weight excluding hydrogens is 341 g/mol. The van der Waals surface area contributed by atoms with E-state index in [1.54, 1.807) is 0 Å². The summed E-state index contributed by atoms with van der Waals surface area (Å²) in [5.74, 6) is -1.93. The second-order valence-corrected chi connectivity index (χ2v) is 6.72. The van der Waals surface area contributed by atoms with Crippen molar-refractivity contribution in [1.82, 2.24) is 0 Å². The number of hydrogen-bond acceptors (Lipinski definition) is 6. The number of halogens is 2. The summed E-state index contributed by atoms with van der Waals surface area (Å²) in [6, 6.07) is 2.18. The molecule has 2 rings (SSSR count). The van der Waals surface area contributed by atoms with Gasteiger partial charge in [0.25, 0.3) is 5.69 Å². The number of hydrogen-bond donors (Lipinski definition) is 1. The Bertz CT molecular complexity index is 754. The van der Waals surface area contributed by atoms with E-state index in [0.717, 1.165) is 11.0 Å². The van der Waals surface area contributed by atoms with E-state index in [9.17, 15) is 27.2 Å². The first-order chi connectivity index (χ1) is 10.1. The van der Waals surface area contributed by atoms with Gasteiger partial charge in [-0.15, -0.1) is 3.89 Å². The highest BCUT2D eigenvalue weighted by molar-refractivity contribution is 7.86. The summed E-state index contributed by atoms with van der Waals surface area (Å²) in [5.41, 5.74) is 5.38. The van der Waals surface area contributed by atoms with Gasteiger partial charge in [0.2, 0.25) is 5.91 Å². The molecule has 1 unspecified atom stereocenters. The monoisotopic (exact) mass is 351 g/mol. The Balaban J connectivity index is 2.31. The van der Waals surface area contributed by atoms with Crippen molar-refractivity contribution >= 4 is 44.8 Å². The summed E-state index contributed by atoms with van der Waals surface area (Å²) >= 11 is 5.77. The van der Waals surface area contributed by atoms with Crippen molar-refractivity contribution < 1.29 is 22.0 Å². The summed E-state index contributed by atoms with van der Waals surface area (Å²) in [5, 5.41) is 10.6. The van der Waals surface area contributed by atoms with Gasteiger partial charge in [0.05, 0.1) is 22.1 Å². The van der Waals surface area contributed by atoms with E-state index in [0.29, 0.717) is 0 Å². The zero-order chi connectivity index (χ0) is 16.7. The normalized spacial score (nSPS) is 18.7. The molecule has 1 aromatic carbocycles. The van der Waals surface area contributed by atoms with Crippen LogP contribution < -0.4 is 10.6 Å². The Morgan fingerprint density at radius 2 is 2.14 bits per heavy atom. The molecule has 0 bridgehead atoms. The number of nitrogens with zero attached hydrogens (tertiary/aromatic N) is 2. The minimum absolute atomic E-state index is 0.0480. The molecule has 8 nitrogen and oxygen atoms in total. The van der Waals surface area contributed by atoms with Crippen LogP contribution in [-0.2, 0) is 15.0 Å². The molecule has 2 N–H and O–H groups in total. The third-order valence-electron chi connectivity index (χ3n) is 3.22. The average molecular weight is 352 g/mol. The van der Waals surface area contributed by atoms with Crippen molar-refractivity contribution in [3.63, 3.8) is 0 Å². The Hall–Kier alpha value is -1.94. The second kappa shape index (κ2) is 5.69. The first-order valence-electron chi connectivity index (χ1n) is 6.04. The fourth-order valence-electron chi connectivity index (χ4n) is 2.35. The number of rotatable bonds is 4. The molecule has 1 aliphatic rings. The fourth-order valence-corrected chi connectivity index (χ4v) is 3.36. The third-order valence-corrected chi connectivity index (χ3v) is 4.40. The number of anilines is 2. The molecule has 1 saturated heterocycles. The summed E-state index contributed by atoms with van der Waals surface area (Å²) in [7, 11) is -4.70. The van der Waals surface area contributed by atoms with Crippen molar-refractivity contribution in [1.29, 1.82) is 0 Å². The molecule has 22 heavy (non-hydrogen) atoms. The Morgan fingerprint density at radius 3 is 2.68 bits per heavy atom. The van der Waals surface area contributed by atoms with Crippen LogP contribution in [0.1, 0.15) is 6.42 Å². The maximum atomic E-state index is 12.7. The molecule has 1 aliphatic heterocycles. The molecule has 1 fully saturated rings. The fraction of sp³-hybridized carbons (Fsp3) is 0.364. The maximum Gasteiger partial charge on any atom is 0.302 e. The SMILES string of the molecule is Nc1cc([N+](=O)[O-])c(Cl)cc1N1CC(CS(=O)(=O)F)CC1=O. The molecule has 0 spiro atoms. The Morgan fingerprint density at radius 1 is 1.50 bits per heavy atom. The highest BCUT2D eigenvalue weighted by Gasteiger charge is 2.35. The molecule has 11 heteroatoms. The van der Waals surface area contributed by atoms with Crippen molar-refractivity contribution in [2.45, 2.75) is 6.42 Å². The number of carbonyl (C=O) groups is 1. The van der Waals surface area contributed by atoms with E-state index >= 15 is 0 Å². The van der Waals surface area contributed by atoms with Crippen LogP contribution in [0.5, 0.6) is 0 Å². The van der Waals surface area contributed by atoms with Gasteiger partial charge in [-0.05, 0) is 6.07 Å². The van der Waals surface area contributed by atoms with Crippen LogP contribution in [0.25, 0.3) is 0 Å². The lowest BCUT2D eigenvalue weighted by Crippen LogP contribution is -2.26. The molecule has 1 aromatic rings. The lowest BCUT2D eigenvalue weighted by molar-refractivity contribution is -0.384. The van der Waals surface area contributed by atoms with Gasteiger partial charge in [-0.25, -0.2) is 0 Å². The highest BCUT2D eigenvalue weighted by atomic mass is 35.5. The lowest BCUT2D eigenvalue weighted by Gasteiger charge is -2.19. The van der Waals surface area contributed by atoms with Gasteiger partial charge in [0.15, 0.2) is 0 Å². The smallest absolute Gasteiger partial charge is 0.302 e. The minimum Gasteiger partial charge on any atom is -0.397 e. The van der Waals surface area contributed by atoms with Crippen LogP contribution >= 0.6 is 11.6 Å². The molecule has 0 aliphatic carbocycles. The highest BCUT2D eigenvalue weighted by Crippen LogP contribution is 2.37. The van der Waals surface area contributed by atoms with E-state index < -0.39 is 38.4 Å². The number of nitrogens with two attached hydrogens (primary N) is 1. The topological polar surface area (TPSA) is 124 Å². The summed E-state index contributed by atoms with van der Waals surface area (Å²) in [6.07, 6.45) is -0.156. The van der Waals surface area contributed by atoms with Crippen LogP contribution in [-0.4, -0.2) is 31.5 Å². The van der Waals surface area contributed by atoms with Crippen LogP contribution in [0.4, 0.5) is 20.9 Å². The summed E-state index contributed by atoms with van der Waals surface area (Å²) in [4.78, 5) is 23.1. The molecule has 1 heterocycles. The first kappa shape index (κ1) is 16.4. The predicted octanol–water partition coefficient (Wildman–Crippen LogP) is 1.48. The van der Waals surface area contributed by atoms with E-state index in [1.807, 2.05) is 0 Å². The lowest BCUT2D eigenvalue weighted by atomic mass is 10.1. The van der Waals surface area contributed by atoms with Gasteiger partial charge in [0.1, 0.15) is 5.02 Å². The number of amides is 1. The van der Waals surface area contributed by atoms with Gasteiger partial charge in [-0.3, -0.25) is 14.9 Å². The van der Waals surface area contributed by atoms with Gasteiger partial charge in [-0.2, -0.15) is 8.42 Å². The van der Waals surface area contributed by atoms with Gasteiger partial charge >= 0.3 is 10.2 Å². The van der Waals surface area contributed by atoms with Crippen LogP contribution in [0.15, 0.2) is 12.1 Å². The summed E-state index contributed by atoms with van der Waals surface area (Å²) < 4.78 is 34.0. The number of nitro benzene ring substituents is 1. The number of nitro groups is 1. The molecule has 1 amide bonds. The largest absolute Gasteiger partial charge is 0.397 e. The third kappa shape index (κ3) is 3.45. The molecule has 1 atom stereocenters. The molecule has 0 aromatic heterocycles. The van der Waals surface area contributed by atoms with E-state index in [1.165, 1.54) is 6.07 Å².